The van der Waals surface area contributed by atoms with Gasteiger partial charge in [-0.2, -0.15) is 5.10 Å². The smallest absolute Gasteiger partial charge is 0.270 e. The fourth-order valence-electron chi connectivity index (χ4n) is 2.51. The summed E-state index contributed by atoms with van der Waals surface area (Å²) in [5.74, 6) is -0.630. The van der Waals surface area contributed by atoms with Gasteiger partial charge in [0.15, 0.2) is 0 Å². The van der Waals surface area contributed by atoms with E-state index in [1.807, 2.05) is 51.1 Å². The van der Waals surface area contributed by atoms with Crippen LogP contribution in [-0.4, -0.2) is 21.2 Å². The quantitative estimate of drug-likeness (QED) is 0.778. The minimum absolute atomic E-state index is 0.258. The van der Waals surface area contributed by atoms with Gasteiger partial charge in [0.1, 0.15) is 11.5 Å². The molecule has 0 radical (unpaired) electrons. The van der Waals surface area contributed by atoms with Crippen molar-refractivity contribution in [3.63, 3.8) is 0 Å². The Morgan fingerprint density at radius 2 is 1.68 bits per heavy atom. The molecule has 2 aromatic carbocycles. The molecule has 3 aromatic rings. The highest BCUT2D eigenvalue weighted by Crippen LogP contribution is 2.24. The Hall–Kier alpha value is -2.95. The summed E-state index contributed by atoms with van der Waals surface area (Å²) in [4.78, 5) is 12.7. The van der Waals surface area contributed by atoms with Crippen LogP contribution in [0, 0.1) is 5.82 Å². The molecule has 128 valence electrons. The zero-order valence-electron chi connectivity index (χ0n) is 14.5. The lowest BCUT2D eigenvalue weighted by Gasteiger charge is -2.20. The molecule has 1 heterocycles. The largest absolute Gasteiger partial charge is 0.346 e. The SMILES string of the molecule is CC(C)(C)NC(=O)c1cc(-c2ccccc2F)nn1-c1ccccc1. The fourth-order valence-corrected chi connectivity index (χ4v) is 2.51. The first kappa shape index (κ1) is 16.9. The van der Waals surface area contributed by atoms with Gasteiger partial charge in [-0.3, -0.25) is 4.79 Å². The first-order chi connectivity index (χ1) is 11.8. The van der Waals surface area contributed by atoms with Crippen LogP contribution in [0.4, 0.5) is 4.39 Å². The van der Waals surface area contributed by atoms with Gasteiger partial charge in [-0.1, -0.05) is 30.3 Å². The number of halogens is 1. The Labute approximate surface area is 146 Å². The van der Waals surface area contributed by atoms with Crippen molar-refractivity contribution in [2.24, 2.45) is 0 Å². The summed E-state index contributed by atoms with van der Waals surface area (Å²) in [6, 6.07) is 17.3. The molecule has 0 unspecified atom stereocenters. The van der Waals surface area contributed by atoms with Crippen LogP contribution in [0.1, 0.15) is 31.3 Å². The Bertz CT molecular complexity index is 895. The number of benzene rings is 2. The van der Waals surface area contributed by atoms with E-state index < -0.39 is 0 Å². The van der Waals surface area contributed by atoms with Gasteiger partial charge in [-0.15, -0.1) is 0 Å². The van der Waals surface area contributed by atoms with Crippen molar-refractivity contribution in [1.82, 2.24) is 15.1 Å². The van der Waals surface area contributed by atoms with Crippen molar-refractivity contribution >= 4 is 5.91 Å². The molecule has 1 amide bonds. The number of hydrogen-bond donors (Lipinski definition) is 1. The molecule has 5 heteroatoms. The van der Waals surface area contributed by atoms with Gasteiger partial charge >= 0.3 is 0 Å². The highest BCUT2D eigenvalue weighted by atomic mass is 19.1. The summed E-state index contributed by atoms with van der Waals surface area (Å²) in [5.41, 5.74) is 1.49. The third-order valence-corrected chi connectivity index (χ3v) is 3.58. The van der Waals surface area contributed by atoms with Gasteiger partial charge in [0.25, 0.3) is 5.91 Å². The number of amides is 1. The van der Waals surface area contributed by atoms with Crippen LogP contribution in [0.25, 0.3) is 16.9 Å². The summed E-state index contributed by atoms with van der Waals surface area (Å²) >= 11 is 0. The second-order valence-corrected chi connectivity index (χ2v) is 6.85. The number of hydrogen-bond acceptors (Lipinski definition) is 2. The van der Waals surface area contributed by atoms with Crippen LogP contribution in [-0.2, 0) is 0 Å². The molecule has 3 rings (SSSR count). The predicted molar refractivity (Wildman–Crippen MR) is 96.2 cm³/mol. The summed E-state index contributed by atoms with van der Waals surface area (Å²) < 4.78 is 15.7. The molecule has 0 atom stereocenters. The number of aromatic nitrogens is 2. The fraction of sp³-hybridized carbons (Fsp3) is 0.200. The minimum Gasteiger partial charge on any atom is -0.346 e. The molecular formula is C20H20FN3O. The Kier molecular flexibility index (Phi) is 4.40. The maximum absolute atomic E-state index is 14.1. The zero-order valence-corrected chi connectivity index (χ0v) is 14.5. The van der Waals surface area contributed by atoms with E-state index in [0.717, 1.165) is 5.69 Å². The number of rotatable bonds is 3. The lowest BCUT2D eigenvalue weighted by atomic mass is 10.1. The maximum atomic E-state index is 14.1. The molecule has 0 fully saturated rings. The van der Waals surface area contributed by atoms with E-state index >= 15 is 0 Å². The zero-order chi connectivity index (χ0) is 18.0. The Morgan fingerprint density at radius 3 is 2.32 bits per heavy atom. The lowest BCUT2D eigenvalue weighted by molar-refractivity contribution is 0.0911. The number of carbonyl (C=O) groups excluding carboxylic acids is 1. The Balaban J connectivity index is 2.12. The summed E-state index contributed by atoms with van der Waals surface area (Å²) in [5, 5.41) is 7.41. The average molecular weight is 337 g/mol. The number of nitrogens with one attached hydrogen (secondary N) is 1. The molecule has 1 N–H and O–H groups in total. The molecule has 4 nitrogen and oxygen atoms in total. The minimum atomic E-state index is -0.388. The van der Waals surface area contributed by atoms with Crippen LogP contribution in [0.2, 0.25) is 0 Å². The third kappa shape index (κ3) is 3.76. The van der Waals surface area contributed by atoms with Gasteiger partial charge in [-0.05, 0) is 51.1 Å². The highest BCUT2D eigenvalue weighted by Gasteiger charge is 2.22. The van der Waals surface area contributed by atoms with Gasteiger partial charge in [0.2, 0.25) is 0 Å². The van der Waals surface area contributed by atoms with Gasteiger partial charge in [0, 0.05) is 11.1 Å². The van der Waals surface area contributed by atoms with Crippen molar-refractivity contribution in [3.05, 3.63) is 72.2 Å². The van der Waals surface area contributed by atoms with Crippen molar-refractivity contribution in [3.8, 4) is 16.9 Å². The van der Waals surface area contributed by atoms with E-state index in [9.17, 15) is 9.18 Å². The molecule has 0 saturated carbocycles. The van der Waals surface area contributed by atoms with E-state index in [-0.39, 0.29) is 17.3 Å². The van der Waals surface area contributed by atoms with Crippen molar-refractivity contribution in [1.29, 1.82) is 0 Å². The summed E-state index contributed by atoms with van der Waals surface area (Å²) in [6.45, 7) is 5.73. The van der Waals surface area contributed by atoms with Crippen molar-refractivity contribution in [2.45, 2.75) is 26.3 Å². The molecule has 25 heavy (non-hydrogen) atoms. The van der Waals surface area contributed by atoms with E-state index in [4.69, 9.17) is 0 Å². The summed E-state index contributed by atoms with van der Waals surface area (Å²) in [7, 11) is 0. The Morgan fingerprint density at radius 1 is 1.04 bits per heavy atom. The van der Waals surface area contributed by atoms with Crippen LogP contribution in [0.15, 0.2) is 60.7 Å². The first-order valence-electron chi connectivity index (χ1n) is 8.08. The molecule has 1 aromatic heterocycles. The predicted octanol–water partition coefficient (Wildman–Crippen LogP) is 4.21. The first-order valence-corrected chi connectivity index (χ1v) is 8.08. The van der Waals surface area contributed by atoms with Crippen LogP contribution in [0.3, 0.4) is 0 Å². The molecular weight excluding hydrogens is 317 g/mol. The van der Waals surface area contributed by atoms with Gasteiger partial charge in [-0.25, -0.2) is 9.07 Å². The second-order valence-electron chi connectivity index (χ2n) is 6.85. The van der Waals surface area contributed by atoms with E-state index in [1.54, 1.807) is 28.9 Å². The molecule has 0 aliphatic heterocycles. The topological polar surface area (TPSA) is 46.9 Å². The third-order valence-electron chi connectivity index (χ3n) is 3.58. The average Bonchev–Trinajstić information content (AvgIpc) is 3.00. The molecule has 0 bridgehead atoms. The van der Waals surface area contributed by atoms with E-state index in [2.05, 4.69) is 10.4 Å². The summed E-state index contributed by atoms with van der Waals surface area (Å²) in [6.07, 6.45) is 0. The number of nitrogens with zero attached hydrogens (tertiary/aromatic N) is 2. The molecule has 0 saturated heterocycles. The lowest BCUT2D eigenvalue weighted by Crippen LogP contribution is -2.41. The van der Waals surface area contributed by atoms with Crippen LogP contribution < -0.4 is 5.32 Å². The van der Waals surface area contributed by atoms with Crippen LogP contribution in [0.5, 0.6) is 0 Å². The number of carbonyl (C=O) groups is 1. The van der Waals surface area contributed by atoms with Gasteiger partial charge < -0.3 is 5.32 Å². The van der Waals surface area contributed by atoms with Crippen molar-refractivity contribution < 1.29 is 9.18 Å². The van der Waals surface area contributed by atoms with Gasteiger partial charge in [0.05, 0.1) is 11.4 Å². The number of para-hydroxylation sites is 1. The maximum Gasteiger partial charge on any atom is 0.270 e. The normalized spacial score (nSPS) is 11.4. The van der Waals surface area contributed by atoms with E-state index in [1.165, 1.54) is 6.07 Å². The standard InChI is InChI=1S/C20H20FN3O/c1-20(2,3)22-19(25)18-13-17(15-11-7-8-12-16(15)21)23-24(18)14-9-5-4-6-10-14/h4-13H,1-3H3,(H,22,25). The highest BCUT2D eigenvalue weighted by molar-refractivity contribution is 5.94. The molecule has 0 spiro atoms. The molecule has 0 aliphatic rings. The monoisotopic (exact) mass is 337 g/mol. The van der Waals surface area contributed by atoms with E-state index in [0.29, 0.717) is 17.0 Å². The second kappa shape index (κ2) is 6.51. The molecule has 0 aliphatic carbocycles. The van der Waals surface area contributed by atoms with Crippen LogP contribution >= 0.6 is 0 Å². The van der Waals surface area contributed by atoms with Crippen molar-refractivity contribution in [2.75, 3.05) is 0 Å².